The van der Waals surface area contributed by atoms with Crippen molar-refractivity contribution >= 4 is 5.78 Å². The summed E-state index contributed by atoms with van der Waals surface area (Å²) in [5.41, 5.74) is 1.34. The van der Waals surface area contributed by atoms with E-state index in [2.05, 4.69) is 6.07 Å². The number of rotatable bonds is 1. The molecule has 0 saturated heterocycles. The average Bonchev–Trinajstić information content (AvgIpc) is 2.17. The Morgan fingerprint density at radius 3 is 1.72 bits per heavy atom. The lowest BCUT2D eigenvalue weighted by Crippen LogP contribution is -2.29. The summed E-state index contributed by atoms with van der Waals surface area (Å²) in [5, 5.41) is 8.87. The smallest absolute Gasteiger partial charge is 0.185 e. The van der Waals surface area contributed by atoms with Crippen molar-refractivity contribution in [1.29, 1.82) is 5.26 Å². The Morgan fingerprint density at radius 1 is 1.06 bits per heavy atom. The number of carbonyl (C=O) groups excluding carboxylic acids is 1. The van der Waals surface area contributed by atoms with Crippen molar-refractivity contribution < 1.29 is 4.79 Å². The second-order valence-electron chi connectivity index (χ2n) is 7.02. The van der Waals surface area contributed by atoms with Crippen molar-refractivity contribution in [2.45, 2.75) is 48.0 Å². The predicted molar refractivity (Wildman–Crippen MR) is 73.8 cm³/mol. The lowest BCUT2D eigenvalue weighted by Gasteiger charge is -2.32. The Labute approximate surface area is 110 Å². The van der Waals surface area contributed by atoms with Crippen LogP contribution in [0.15, 0.2) is 23.3 Å². The standard InChI is InChI=1S/C16H23NO/c1-15(2,3)12-9-11(7-8-17)10-13(14(12)18)16(4,5)6/h9-11H,7H2,1-6H3. The number of nitrogens with zero attached hydrogens (tertiary/aromatic N) is 1. The predicted octanol–water partition coefficient (Wildman–Crippen LogP) is 4.04. The van der Waals surface area contributed by atoms with Gasteiger partial charge in [-0.05, 0) is 10.8 Å². The molecule has 0 aromatic heterocycles. The van der Waals surface area contributed by atoms with Crippen molar-refractivity contribution in [2.75, 3.05) is 0 Å². The maximum Gasteiger partial charge on any atom is 0.185 e. The summed E-state index contributed by atoms with van der Waals surface area (Å²) in [4.78, 5) is 12.5. The molecule has 1 aliphatic carbocycles. The summed E-state index contributed by atoms with van der Waals surface area (Å²) < 4.78 is 0. The van der Waals surface area contributed by atoms with Crippen molar-refractivity contribution in [3.05, 3.63) is 23.3 Å². The third-order valence-electron chi connectivity index (χ3n) is 3.19. The van der Waals surface area contributed by atoms with Crippen molar-refractivity contribution in [3.8, 4) is 6.07 Å². The van der Waals surface area contributed by atoms with Crippen LogP contribution in [0.3, 0.4) is 0 Å². The molecule has 0 aromatic carbocycles. The summed E-state index contributed by atoms with van der Waals surface area (Å²) >= 11 is 0. The van der Waals surface area contributed by atoms with Crippen molar-refractivity contribution in [1.82, 2.24) is 0 Å². The molecular weight excluding hydrogens is 222 g/mol. The third-order valence-corrected chi connectivity index (χ3v) is 3.19. The minimum atomic E-state index is -0.171. The molecule has 2 heteroatoms. The van der Waals surface area contributed by atoms with Crippen LogP contribution in [0.2, 0.25) is 0 Å². The van der Waals surface area contributed by atoms with Crippen LogP contribution in [0.1, 0.15) is 48.0 Å². The second-order valence-corrected chi connectivity index (χ2v) is 7.02. The number of hydrogen-bond acceptors (Lipinski definition) is 2. The van der Waals surface area contributed by atoms with Crippen LogP contribution in [0, 0.1) is 28.1 Å². The SMILES string of the molecule is CC(C)(C)C1=CC(CC#N)C=C(C(C)(C)C)C1=O. The van der Waals surface area contributed by atoms with Crippen LogP contribution in [-0.2, 0) is 4.79 Å². The molecule has 1 rings (SSSR count). The van der Waals surface area contributed by atoms with E-state index in [4.69, 9.17) is 5.26 Å². The van der Waals surface area contributed by atoms with Crippen LogP contribution in [0.25, 0.3) is 0 Å². The molecule has 0 aliphatic heterocycles. The van der Waals surface area contributed by atoms with Gasteiger partial charge in [-0.15, -0.1) is 0 Å². The van der Waals surface area contributed by atoms with Gasteiger partial charge in [0.2, 0.25) is 0 Å². The fraction of sp³-hybridized carbons (Fsp3) is 0.625. The van der Waals surface area contributed by atoms with Gasteiger partial charge in [0.25, 0.3) is 0 Å². The first kappa shape index (κ1) is 14.7. The highest BCUT2D eigenvalue weighted by Crippen LogP contribution is 2.39. The van der Waals surface area contributed by atoms with Crippen LogP contribution >= 0.6 is 0 Å². The number of carbonyl (C=O) groups is 1. The Bertz CT molecular complexity index is 413. The molecule has 0 atom stereocenters. The molecule has 0 unspecified atom stereocenters. The molecule has 0 N–H and O–H groups in total. The van der Waals surface area contributed by atoms with E-state index in [0.29, 0.717) is 6.42 Å². The third kappa shape index (κ3) is 3.10. The average molecular weight is 245 g/mol. The highest BCUT2D eigenvalue weighted by atomic mass is 16.1. The van der Waals surface area contributed by atoms with E-state index in [-0.39, 0.29) is 22.5 Å². The second kappa shape index (κ2) is 4.72. The molecular formula is C16H23NO. The molecule has 0 saturated carbocycles. The number of nitriles is 1. The summed E-state index contributed by atoms with van der Waals surface area (Å²) in [6.07, 6.45) is 4.38. The molecule has 0 spiro atoms. The molecule has 0 fully saturated rings. The molecule has 0 aromatic rings. The zero-order valence-electron chi connectivity index (χ0n) is 12.3. The van der Waals surface area contributed by atoms with E-state index in [1.54, 1.807) is 0 Å². The molecule has 2 nitrogen and oxygen atoms in total. The summed E-state index contributed by atoms with van der Waals surface area (Å²) in [7, 11) is 0. The maximum atomic E-state index is 12.5. The lowest BCUT2D eigenvalue weighted by molar-refractivity contribution is -0.114. The highest BCUT2D eigenvalue weighted by molar-refractivity contribution is 6.10. The van der Waals surface area contributed by atoms with E-state index in [0.717, 1.165) is 11.1 Å². The van der Waals surface area contributed by atoms with E-state index < -0.39 is 0 Å². The summed E-state index contributed by atoms with van der Waals surface area (Å²) in [6, 6.07) is 2.20. The first-order valence-electron chi connectivity index (χ1n) is 6.43. The number of ketones is 1. The Kier molecular flexibility index (Phi) is 3.86. The van der Waals surface area contributed by atoms with Gasteiger partial charge in [0.15, 0.2) is 5.78 Å². The summed E-state index contributed by atoms with van der Waals surface area (Å²) in [5.74, 6) is 0.209. The van der Waals surface area contributed by atoms with Gasteiger partial charge in [-0.3, -0.25) is 4.79 Å². The highest BCUT2D eigenvalue weighted by Gasteiger charge is 2.34. The fourth-order valence-electron chi connectivity index (χ4n) is 2.18. The maximum absolute atomic E-state index is 12.5. The quantitative estimate of drug-likeness (QED) is 0.699. The molecule has 98 valence electrons. The normalized spacial score (nSPS) is 18.2. The number of Topliss-reactive ketones (excluding diaryl/α,β-unsaturated/α-hetero) is 1. The van der Waals surface area contributed by atoms with Gasteiger partial charge in [0.05, 0.1) is 6.07 Å². The first-order chi connectivity index (χ1) is 8.07. The Hall–Kier alpha value is -1.36. The lowest BCUT2D eigenvalue weighted by atomic mass is 9.70. The van der Waals surface area contributed by atoms with E-state index >= 15 is 0 Å². The zero-order chi connectivity index (χ0) is 14.1. The van der Waals surface area contributed by atoms with E-state index in [9.17, 15) is 4.79 Å². The van der Waals surface area contributed by atoms with Gasteiger partial charge in [-0.2, -0.15) is 5.26 Å². The number of allylic oxidation sites excluding steroid dienone is 4. The summed E-state index contributed by atoms with van der Waals surface area (Å²) in [6.45, 7) is 12.3. The van der Waals surface area contributed by atoms with Crippen molar-refractivity contribution in [2.24, 2.45) is 16.7 Å². The molecule has 18 heavy (non-hydrogen) atoms. The zero-order valence-corrected chi connectivity index (χ0v) is 12.3. The Balaban J connectivity index is 3.26. The van der Waals surface area contributed by atoms with Crippen LogP contribution in [0.4, 0.5) is 0 Å². The molecule has 0 bridgehead atoms. The van der Waals surface area contributed by atoms with Gasteiger partial charge in [0.1, 0.15) is 0 Å². The molecule has 0 heterocycles. The molecule has 1 aliphatic rings. The minimum absolute atomic E-state index is 0.0659. The van der Waals surface area contributed by atoms with Gasteiger partial charge in [-0.25, -0.2) is 0 Å². The van der Waals surface area contributed by atoms with Crippen LogP contribution < -0.4 is 0 Å². The van der Waals surface area contributed by atoms with Crippen LogP contribution in [0.5, 0.6) is 0 Å². The topological polar surface area (TPSA) is 40.9 Å². The van der Waals surface area contributed by atoms with Gasteiger partial charge >= 0.3 is 0 Å². The van der Waals surface area contributed by atoms with E-state index in [1.165, 1.54) is 0 Å². The minimum Gasteiger partial charge on any atom is -0.289 e. The van der Waals surface area contributed by atoms with E-state index in [1.807, 2.05) is 53.7 Å². The van der Waals surface area contributed by atoms with Crippen LogP contribution in [-0.4, -0.2) is 5.78 Å². The van der Waals surface area contributed by atoms with Gasteiger partial charge in [0, 0.05) is 23.5 Å². The first-order valence-corrected chi connectivity index (χ1v) is 6.43. The van der Waals surface area contributed by atoms with Gasteiger partial charge in [-0.1, -0.05) is 53.7 Å². The molecule has 0 amide bonds. The fourth-order valence-corrected chi connectivity index (χ4v) is 2.18. The van der Waals surface area contributed by atoms with Gasteiger partial charge < -0.3 is 0 Å². The number of hydrogen-bond donors (Lipinski definition) is 0. The Morgan fingerprint density at radius 2 is 1.44 bits per heavy atom. The largest absolute Gasteiger partial charge is 0.289 e. The monoisotopic (exact) mass is 245 g/mol. The van der Waals surface area contributed by atoms with Crippen molar-refractivity contribution in [3.63, 3.8) is 0 Å². The molecule has 0 radical (unpaired) electrons.